The van der Waals surface area contributed by atoms with E-state index in [-0.39, 0.29) is 6.04 Å². The fourth-order valence-corrected chi connectivity index (χ4v) is 3.68. The number of carbonyl (C=O) groups excluding carboxylic acids is 1. The van der Waals surface area contributed by atoms with Crippen LogP contribution in [0, 0.1) is 0 Å². The molecule has 2 heteroatoms. The zero-order valence-corrected chi connectivity index (χ0v) is 12.5. The number of hydrogen-bond acceptors (Lipinski definition) is 2. The van der Waals surface area contributed by atoms with Crippen molar-refractivity contribution in [3.05, 3.63) is 77.4 Å². The molecule has 1 aliphatic heterocycles. The number of ketones is 1. The summed E-state index contributed by atoms with van der Waals surface area (Å²) in [5, 5.41) is 0. The van der Waals surface area contributed by atoms with Crippen molar-refractivity contribution in [3.63, 3.8) is 0 Å². The Morgan fingerprint density at radius 1 is 0.909 bits per heavy atom. The predicted octanol–water partition coefficient (Wildman–Crippen LogP) is 4.08. The Hall–Kier alpha value is -2.35. The molecule has 0 saturated carbocycles. The largest absolute Gasteiger partial charge is 0.360 e. The van der Waals surface area contributed by atoms with E-state index in [0.717, 1.165) is 25.0 Å². The Morgan fingerprint density at radius 2 is 1.68 bits per heavy atom. The molecule has 2 nitrogen and oxygen atoms in total. The number of fused-ring (bicyclic) bond motifs is 1. The highest BCUT2D eigenvalue weighted by Crippen LogP contribution is 2.40. The molecule has 1 atom stereocenters. The monoisotopic (exact) mass is 289 g/mol. The molecule has 2 aromatic carbocycles. The van der Waals surface area contributed by atoms with E-state index >= 15 is 0 Å². The molecule has 0 unspecified atom stereocenters. The number of Topliss-reactive ketones (excluding diaryl/α,β-unsaturated/α-hetero) is 1. The van der Waals surface area contributed by atoms with E-state index in [1.54, 1.807) is 0 Å². The van der Waals surface area contributed by atoms with E-state index in [0.29, 0.717) is 12.2 Å². The van der Waals surface area contributed by atoms with Crippen molar-refractivity contribution >= 4 is 11.5 Å². The third-order valence-electron chi connectivity index (χ3n) is 4.72. The molecule has 0 aromatic heterocycles. The molecule has 1 heterocycles. The average molecular weight is 289 g/mol. The lowest BCUT2D eigenvalue weighted by atomic mass is 9.87. The molecular formula is C20H19NO. The van der Waals surface area contributed by atoms with Crippen LogP contribution >= 0.6 is 0 Å². The Kier molecular flexibility index (Phi) is 3.30. The first kappa shape index (κ1) is 13.3. The van der Waals surface area contributed by atoms with Crippen LogP contribution in [0.4, 0.5) is 5.69 Å². The van der Waals surface area contributed by atoms with Crippen LogP contribution in [0.3, 0.4) is 0 Å². The summed E-state index contributed by atoms with van der Waals surface area (Å²) in [7, 11) is 0. The van der Waals surface area contributed by atoms with Gasteiger partial charge in [0, 0.05) is 24.2 Å². The number of rotatable bonds is 2. The molecule has 0 fully saturated rings. The number of benzene rings is 2. The van der Waals surface area contributed by atoms with Gasteiger partial charge in [-0.2, -0.15) is 0 Å². The minimum Gasteiger partial charge on any atom is -0.360 e. The van der Waals surface area contributed by atoms with Crippen LogP contribution in [-0.4, -0.2) is 12.3 Å². The molecule has 0 bridgehead atoms. The highest BCUT2D eigenvalue weighted by atomic mass is 16.1. The van der Waals surface area contributed by atoms with Gasteiger partial charge in [0.1, 0.15) is 0 Å². The van der Waals surface area contributed by atoms with Gasteiger partial charge in [0.25, 0.3) is 0 Å². The van der Waals surface area contributed by atoms with Crippen LogP contribution in [0.5, 0.6) is 0 Å². The summed E-state index contributed by atoms with van der Waals surface area (Å²) >= 11 is 0. The van der Waals surface area contributed by atoms with E-state index in [2.05, 4.69) is 59.5 Å². The highest BCUT2D eigenvalue weighted by molar-refractivity contribution is 5.99. The Morgan fingerprint density at radius 3 is 2.45 bits per heavy atom. The van der Waals surface area contributed by atoms with Crippen molar-refractivity contribution in [2.24, 2.45) is 0 Å². The van der Waals surface area contributed by atoms with Gasteiger partial charge in [0.15, 0.2) is 5.78 Å². The fraction of sp³-hybridized carbons (Fsp3) is 0.250. The molecule has 0 amide bonds. The van der Waals surface area contributed by atoms with Gasteiger partial charge in [-0.25, -0.2) is 0 Å². The quantitative estimate of drug-likeness (QED) is 0.830. The molecule has 0 radical (unpaired) electrons. The van der Waals surface area contributed by atoms with Gasteiger partial charge in [-0.3, -0.25) is 4.79 Å². The molecule has 2 aromatic rings. The van der Waals surface area contributed by atoms with Crippen LogP contribution in [0.15, 0.2) is 66.2 Å². The van der Waals surface area contributed by atoms with Crippen LogP contribution in [0.2, 0.25) is 0 Å². The van der Waals surface area contributed by atoms with E-state index in [1.165, 1.54) is 16.8 Å². The first-order valence-corrected chi connectivity index (χ1v) is 7.97. The standard InChI is InChI=1S/C20H19NO/c22-19-12-6-11-18(19)20-17-10-5-4-7-15(17)13-14-21(20)16-8-2-1-3-9-16/h1-5,7-11,20H,6,12-14H2/t20-/m0/s1. The third-order valence-corrected chi connectivity index (χ3v) is 4.72. The van der Waals surface area contributed by atoms with Crippen molar-refractivity contribution in [1.29, 1.82) is 0 Å². The van der Waals surface area contributed by atoms with E-state index in [9.17, 15) is 4.79 Å². The van der Waals surface area contributed by atoms with E-state index in [4.69, 9.17) is 0 Å². The lowest BCUT2D eigenvalue weighted by Gasteiger charge is -2.39. The van der Waals surface area contributed by atoms with Crippen LogP contribution in [0.25, 0.3) is 0 Å². The van der Waals surface area contributed by atoms with Crippen LogP contribution < -0.4 is 4.90 Å². The summed E-state index contributed by atoms with van der Waals surface area (Å²) in [6.07, 6.45) is 4.72. The first-order chi connectivity index (χ1) is 10.8. The summed E-state index contributed by atoms with van der Waals surface area (Å²) in [6, 6.07) is 19.1. The molecule has 0 spiro atoms. The minimum atomic E-state index is 0.0716. The van der Waals surface area contributed by atoms with Crippen molar-refractivity contribution in [1.82, 2.24) is 0 Å². The van der Waals surface area contributed by atoms with E-state index in [1.807, 2.05) is 6.07 Å². The summed E-state index contributed by atoms with van der Waals surface area (Å²) in [5.74, 6) is 0.308. The first-order valence-electron chi connectivity index (χ1n) is 7.97. The second-order valence-corrected chi connectivity index (χ2v) is 6.00. The summed E-state index contributed by atoms with van der Waals surface area (Å²) in [6.45, 7) is 0.955. The highest BCUT2D eigenvalue weighted by Gasteiger charge is 2.34. The number of nitrogens with zero attached hydrogens (tertiary/aromatic N) is 1. The van der Waals surface area contributed by atoms with Gasteiger partial charge >= 0.3 is 0 Å². The zero-order valence-electron chi connectivity index (χ0n) is 12.5. The summed E-state index contributed by atoms with van der Waals surface area (Å²) < 4.78 is 0. The SMILES string of the molecule is O=C1CCC=C1[C@@H]1c2ccccc2CCN1c1ccccc1. The lowest BCUT2D eigenvalue weighted by Crippen LogP contribution is -2.37. The number of para-hydroxylation sites is 1. The molecule has 4 rings (SSSR count). The molecule has 110 valence electrons. The van der Waals surface area contributed by atoms with Crippen LogP contribution in [-0.2, 0) is 11.2 Å². The van der Waals surface area contributed by atoms with Gasteiger partial charge in [0.05, 0.1) is 6.04 Å². The van der Waals surface area contributed by atoms with E-state index < -0.39 is 0 Å². The smallest absolute Gasteiger partial charge is 0.161 e. The average Bonchev–Trinajstić information content (AvgIpc) is 3.00. The Labute approximate surface area is 131 Å². The maximum Gasteiger partial charge on any atom is 0.161 e. The zero-order chi connectivity index (χ0) is 14.9. The second-order valence-electron chi connectivity index (χ2n) is 6.00. The van der Waals surface area contributed by atoms with Gasteiger partial charge in [-0.15, -0.1) is 0 Å². The molecule has 0 saturated heterocycles. The fourth-order valence-electron chi connectivity index (χ4n) is 3.68. The third kappa shape index (κ3) is 2.16. The Bertz CT molecular complexity index is 732. The van der Waals surface area contributed by atoms with Gasteiger partial charge in [-0.1, -0.05) is 48.5 Å². The van der Waals surface area contributed by atoms with Gasteiger partial charge < -0.3 is 4.90 Å². The van der Waals surface area contributed by atoms with Gasteiger partial charge in [0.2, 0.25) is 0 Å². The molecule has 0 N–H and O–H groups in total. The molecule has 2 aliphatic rings. The lowest BCUT2D eigenvalue weighted by molar-refractivity contribution is -0.115. The number of anilines is 1. The topological polar surface area (TPSA) is 20.3 Å². The summed E-state index contributed by atoms with van der Waals surface area (Å²) in [4.78, 5) is 14.8. The molecule has 1 aliphatic carbocycles. The van der Waals surface area contributed by atoms with Crippen molar-refractivity contribution < 1.29 is 4.79 Å². The minimum absolute atomic E-state index is 0.0716. The maximum absolute atomic E-state index is 12.4. The predicted molar refractivity (Wildman–Crippen MR) is 89.0 cm³/mol. The molecule has 22 heavy (non-hydrogen) atoms. The Balaban J connectivity index is 1.84. The number of hydrogen-bond donors (Lipinski definition) is 0. The summed E-state index contributed by atoms with van der Waals surface area (Å²) in [5.41, 5.74) is 4.85. The van der Waals surface area contributed by atoms with Crippen LogP contribution in [0.1, 0.15) is 30.0 Å². The van der Waals surface area contributed by atoms with Crippen molar-refractivity contribution in [2.45, 2.75) is 25.3 Å². The maximum atomic E-state index is 12.4. The van der Waals surface area contributed by atoms with Crippen molar-refractivity contribution in [2.75, 3.05) is 11.4 Å². The van der Waals surface area contributed by atoms with Gasteiger partial charge in [-0.05, 0) is 36.1 Å². The second kappa shape index (κ2) is 5.45. The number of allylic oxidation sites excluding steroid dienone is 1. The number of carbonyl (C=O) groups is 1. The normalized spacial score (nSPS) is 20.7. The molecular weight excluding hydrogens is 270 g/mol. The van der Waals surface area contributed by atoms with Crippen molar-refractivity contribution in [3.8, 4) is 0 Å².